The van der Waals surface area contributed by atoms with Gasteiger partial charge in [-0.2, -0.15) is 0 Å². The van der Waals surface area contributed by atoms with E-state index in [0.717, 1.165) is 5.56 Å². The summed E-state index contributed by atoms with van der Waals surface area (Å²) in [4.78, 5) is 52.8. The molecule has 3 amide bonds. The molecule has 3 atom stereocenters. The van der Waals surface area contributed by atoms with Gasteiger partial charge in [0.05, 0.1) is 12.6 Å². The molecule has 35 heavy (non-hydrogen) atoms. The molecule has 0 spiro atoms. The molecule has 3 unspecified atom stereocenters. The standard InChI is InChI=1S/C23H37N7O5/c1-14(2)11-18(22(34)35)30-21(33)17(9-6-10-27-23(25)26)29-19(31)13-28-20(32)16(24)12-15-7-4-3-5-8-15/h3-5,7-8,14,16-18H,6,9-13,24H2,1-2H3,(H,28,32)(H,29,31)(H,30,33)(H,34,35)(H4,25,26,27). The highest BCUT2D eigenvalue weighted by Crippen LogP contribution is 2.07. The Bertz CT molecular complexity index is 872. The largest absolute Gasteiger partial charge is 0.480 e. The molecular weight excluding hydrogens is 454 g/mol. The van der Waals surface area contributed by atoms with Gasteiger partial charge in [-0.05, 0) is 37.2 Å². The highest BCUT2D eigenvalue weighted by atomic mass is 16.4. The van der Waals surface area contributed by atoms with E-state index >= 15 is 0 Å². The van der Waals surface area contributed by atoms with Crippen LogP contribution in [0.2, 0.25) is 0 Å². The van der Waals surface area contributed by atoms with Gasteiger partial charge in [0.2, 0.25) is 17.7 Å². The van der Waals surface area contributed by atoms with Crippen LogP contribution in [-0.2, 0) is 25.6 Å². The summed E-state index contributed by atoms with van der Waals surface area (Å²) < 4.78 is 0. The van der Waals surface area contributed by atoms with E-state index in [4.69, 9.17) is 17.2 Å². The minimum absolute atomic E-state index is 0.0293. The molecule has 0 aromatic heterocycles. The van der Waals surface area contributed by atoms with Crippen LogP contribution >= 0.6 is 0 Å². The highest BCUT2D eigenvalue weighted by Gasteiger charge is 2.27. The first-order chi connectivity index (χ1) is 16.5. The van der Waals surface area contributed by atoms with Gasteiger partial charge in [-0.25, -0.2) is 4.79 Å². The Morgan fingerprint density at radius 2 is 1.66 bits per heavy atom. The summed E-state index contributed by atoms with van der Waals surface area (Å²) >= 11 is 0. The minimum Gasteiger partial charge on any atom is -0.480 e. The van der Waals surface area contributed by atoms with E-state index in [1.54, 1.807) is 0 Å². The third kappa shape index (κ3) is 12.4. The molecule has 12 heteroatoms. The van der Waals surface area contributed by atoms with Gasteiger partial charge in [0.1, 0.15) is 12.1 Å². The van der Waals surface area contributed by atoms with E-state index in [0.29, 0.717) is 12.8 Å². The Labute approximate surface area is 205 Å². The molecule has 0 fully saturated rings. The van der Waals surface area contributed by atoms with Crippen molar-refractivity contribution in [2.75, 3.05) is 13.1 Å². The van der Waals surface area contributed by atoms with E-state index in [-0.39, 0.29) is 31.3 Å². The second kappa shape index (κ2) is 15.3. The normalized spacial score (nSPS) is 13.3. The monoisotopic (exact) mass is 491 g/mol. The van der Waals surface area contributed by atoms with Crippen molar-refractivity contribution in [3.63, 3.8) is 0 Å². The van der Waals surface area contributed by atoms with Crippen LogP contribution in [0.25, 0.3) is 0 Å². The van der Waals surface area contributed by atoms with Gasteiger partial charge in [-0.1, -0.05) is 44.2 Å². The number of carbonyl (C=O) groups excluding carboxylic acids is 3. The van der Waals surface area contributed by atoms with Crippen molar-refractivity contribution in [1.82, 2.24) is 16.0 Å². The number of aliphatic carboxylic acids is 1. The lowest BCUT2D eigenvalue weighted by Gasteiger charge is -2.22. The van der Waals surface area contributed by atoms with Crippen LogP contribution in [0.1, 0.15) is 38.7 Å². The number of guanidine groups is 1. The maximum atomic E-state index is 12.8. The second-order valence-corrected chi connectivity index (χ2v) is 8.61. The Balaban J connectivity index is 2.71. The van der Waals surface area contributed by atoms with Gasteiger partial charge in [0, 0.05) is 6.54 Å². The number of amides is 3. The lowest BCUT2D eigenvalue weighted by Crippen LogP contribution is -2.54. The minimum atomic E-state index is -1.17. The molecule has 0 aliphatic heterocycles. The Kier molecular flexibility index (Phi) is 12.8. The Morgan fingerprint density at radius 3 is 2.23 bits per heavy atom. The summed E-state index contributed by atoms with van der Waals surface area (Å²) in [6.45, 7) is 3.50. The number of carbonyl (C=O) groups is 4. The molecule has 1 aromatic rings. The summed E-state index contributed by atoms with van der Waals surface area (Å²) in [7, 11) is 0. The van der Waals surface area contributed by atoms with Crippen LogP contribution in [-0.4, -0.2) is 66.0 Å². The van der Waals surface area contributed by atoms with Crippen molar-refractivity contribution < 1.29 is 24.3 Å². The van der Waals surface area contributed by atoms with E-state index in [2.05, 4.69) is 20.9 Å². The number of hydrogen-bond donors (Lipinski definition) is 7. The topological polar surface area (TPSA) is 215 Å². The maximum Gasteiger partial charge on any atom is 0.326 e. The van der Waals surface area contributed by atoms with Crippen LogP contribution in [0.15, 0.2) is 35.3 Å². The Hall–Kier alpha value is -3.67. The number of carboxylic acids is 1. The van der Waals surface area contributed by atoms with Crippen LogP contribution in [0, 0.1) is 5.92 Å². The number of benzene rings is 1. The number of carboxylic acid groups (broad SMARTS) is 1. The molecule has 0 aliphatic carbocycles. The van der Waals surface area contributed by atoms with Crippen molar-refractivity contribution >= 4 is 29.7 Å². The van der Waals surface area contributed by atoms with E-state index in [1.165, 1.54) is 0 Å². The van der Waals surface area contributed by atoms with Gasteiger partial charge in [-0.15, -0.1) is 0 Å². The highest BCUT2D eigenvalue weighted by molar-refractivity contribution is 5.92. The van der Waals surface area contributed by atoms with E-state index < -0.39 is 48.4 Å². The van der Waals surface area contributed by atoms with Crippen LogP contribution < -0.4 is 33.2 Å². The zero-order valence-electron chi connectivity index (χ0n) is 20.2. The van der Waals surface area contributed by atoms with E-state index in [9.17, 15) is 24.3 Å². The quantitative estimate of drug-likeness (QED) is 0.0898. The summed E-state index contributed by atoms with van der Waals surface area (Å²) in [6.07, 6.45) is 1.04. The summed E-state index contributed by atoms with van der Waals surface area (Å²) in [5, 5.41) is 16.9. The van der Waals surface area contributed by atoms with Crippen LogP contribution in [0.4, 0.5) is 0 Å². The molecule has 0 aliphatic rings. The van der Waals surface area contributed by atoms with Crippen molar-refractivity contribution in [3.8, 4) is 0 Å². The zero-order chi connectivity index (χ0) is 26.4. The molecule has 0 heterocycles. The number of nitrogens with one attached hydrogen (secondary N) is 3. The number of nitrogens with two attached hydrogens (primary N) is 3. The van der Waals surface area contributed by atoms with Gasteiger partial charge in [0.25, 0.3) is 0 Å². The van der Waals surface area contributed by atoms with Crippen molar-refractivity contribution in [2.24, 2.45) is 28.1 Å². The molecule has 0 bridgehead atoms. The summed E-state index contributed by atoms with van der Waals surface area (Å²) in [6, 6.07) is 6.21. The van der Waals surface area contributed by atoms with E-state index in [1.807, 2.05) is 44.2 Å². The number of rotatable bonds is 15. The van der Waals surface area contributed by atoms with Crippen molar-refractivity contribution in [1.29, 1.82) is 0 Å². The summed E-state index contributed by atoms with van der Waals surface area (Å²) in [5.41, 5.74) is 17.4. The fraction of sp³-hybridized carbons (Fsp3) is 0.522. The molecule has 0 radical (unpaired) electrons. The average Bonchev–Trinajstić information content (AvgIpc) is 2.78. The lowest BCUT2D eigenvalue weighted by atomic mass is 10.0. The number of hydrogen-bond acceptors (Lipinski definition) is 6. The zero-order valence-corrected chi connectivity index (χ0v) is 20.2. The summed E-state index contributed by atoms with van der Waals surface area (Å²) in [5.74, 6) is -3.03. The average molecular weight is 492 g/mol. The molecule has 10 N–H and O–H groups in total. The molecule has 0 saturated heterocycles. The SMILES string of the molecule is CC(C)CC(NC(=O)C(CCCN=C(N)N)NC(=O)CNC(=O)C(N)Cc1ccccc1)C(=O)O. The fourth-order valence-electron chi connectivity index (χ4n) is 3.24. The maximum absolute atomic E-state index is 12.8. The molecule has 194 valence electrons. The fourth-order valence-corrected chi connectivity index (χ4v) is 3.24. The first kappa shape index (κ1) is 29.4. The Morgan fingerprint density at radius 1 is 1.00 bits per heavy atom. The number of aliphatic imine (C=N–C) groups is 1. The lowest BCUT2D eigenvalue weighted by molar-refractivity contribution is -0.142. The smallest absolute Gasteiger partial charge is 0.326 e. The molecule has 1 aromatic carbocycles. The molecular formula is C23H37N7O5. The predicted octanol–water partition coefficient (Wildman–Crippen LogP) is -1.17. The molecule has 1 rings (SSSR count). The second-order valence-electron chi connectivity index (χ2n) is 8.61. The van der Waals surface area contributed by atoms with Crippen molar-refractivity contribution in [2.45, 2.75) is 57.7 Å². The first-order valence-electron chi connectivity index (χ1n) is 11.4. The third-order valence-electron chi connectivity index (χ3n) is 4.98. The predicted molar refractivity (Wildman–Crippen MR) is 132 cm³/mol. The molecule has 12 nitrogen and oxygen atoms in total. The first-order valence-corrected chi connectivity index (χ1v) is 11.4. The van der Waals surface area contributed by atoms with Crippen LogP contribution in [0.5, 0.6) is 0 Å². The van der Waals surface area contributed by atoms with Crippen LogP contribution in [0.3, 0.4) is 0 Å². The van der Waals surface area contributed by atoms with Crippen molar-refractivity contribution in [3.05, 3.63) is 35.9 Å². The van der Waals surface area contributed by atoms with Gasteiger partial charge in [0.15, 0.2) is 5.96 Å². The van der Waals surface area contributed by atoms with Gasteiger partial charge < -0.3 is 38.3 Å². The van der Waals surface area contributed by atoms with Gasteiger partial charge in [-0.3, -0.25) is 19.4 Å². The molecule has 0 saturated carbocycles. The van der Waals surface area contributed by atoms with Gasteiger partial charge >= 0.3 is 5.97 Å². The third-order valence-corrected chi connectivity index (χ3v) is 4.98. The number of nitrogens with zero attached hydrogens (tertiary/aromatic N) is 1.